The summed E-state index contributed by atoms with van der Waals surface area (Å²) in [6.07, 6.45) is 5.00. The maximum atomic E-state index is 12.3. The maximum Gasteiger partial charge on any atom is 0.185 e. The standard InChI is InChI=1S/C21H16ClNO2/c22-18-8-5-7-17(14-18)20(24)12-11-16-6-1-2-10-21(16)25-15-19-9-3-4-13-23-19/h1-14H,15H2/b12-11+. The number of hydrogen-bond donors (Lipinski definition) is 0. The van der Waals surface area contributed by atoms with Gasteiger partial charge in [-0.3, -0.25) is 9.78 Å². The molecule has 0 unspecified atom stereocenters. The van der Waals surface area contributed by atoms with Crippen molar-refractivity contribution in [2.75, 3.05) is 0 Å². The fraction of sp³-hybridized carbons (Fsp3) is 0.0476. The number of hydrogen-bond acceptors (Lipinski definition) is 3. The number of ether oxygens (including phenoxy) is 1. The molecule has 3 nitrogen and oxygen atoms in total. The number of nitrogens with zero attached hydrogens (tertiary/aromatic N) is 1. The fourth-order valence-electron chi connectivity index (χ4n) is 2.29. The zero-order valence-electron chi connectivity index (χ0n) is 13.4. The van der Waals surface area contributed by atoms with Crippen LogP contribution in [0.5, 0.6) is 5.75 Å². The Kier molecular flexibility index (Phi) is 5.60. The average molecular weight is 350 g/mol. The maximum absolute atomic E-state index is 12.3. The van der Waals surface area contributed by atoms with E-state index >= 15 is 0 Å². The molecule has 0 aliphatic carbocycles. The minimum Gasteiger partial charge on any atom is -0.487 e. The third kappa shape index (κ3) is 4.78. The van der Waals surface area contributed by atoms with Gasteiger partial charge >= 0.3 is 0 Å². The number of aromatic nitrogens is 1. The molecular formula is C21H16ClNO2. The molecule has 0 aliphatic heterocycles. The van der Waals surface area contributed by atoms with Gasteiger partial charge in [-0.2, -0.15) is 0 Å². The molecule has 124 valence electrons. The van der Waals surface area contributed by atoms with Crippen LogP contribution < -0.4 is 4.74 Å². The van der Waals surface area contributed by atoms with Gasteiger partial charge in [-0.15, -0.1) is 0 Å². The summed E-state index contributed by atoms with van der Waals surface area (Å²) in [6.45, 7) is 0.369. The third-order valence-electron chi connectivity index (χ3n) is 3.54. The molecule has 2 aromatic carbocycles. The number of carbonyl (C=O) groups excluding carboxylic acids is 1. The molecule has 0 bridgehead atoms. The van der Waals surface area contributed by atoms with Crippen molar-refractivity contribution < 1.29 is 9.53 Å². The van der Waals surface area contributed by atoms with Gasteiger partial charge in [-0.05, 0) is 42.5 Å². The van der Waals surface area contributed by atoms with Crippen molar-refractivity contribution in [1.82, 2.24) is 4.98 Å². The second-order valence-corrected chi connectivity index (χ2v) is 5.79. The van der Waals surface area contributed by atoms with Crippen LogP contribution >= 0.6 is 11.6 Å². The molecule has 4 heteroatoms. The van der Waals surface area contributed by atoms with Crippen LogP contribution in [-0.4, -0.2) is 10.8 Å². The summed E-state index contributed by atoms with van der Waals surface area (Å²) >= 11 is 5.93. The summed E-state index contributed by atoms with van der Waals surface area (Å²) in [7, 11) is 0. The van der Waals surface area contributed by atoms with Gasteiger partial charge < -0.3 is 4.74 Å². The number of allylic oxidation sites excluding steroid dienone is 1. The van der Waals surface area contributed by atoms with E-state index in [9.17, 15) is 4.79 Å². The number of benzene rings is 2. The average Bonchev–Trinajstić information content (AvgIpc) is 2.66. The van der Waals surface area contributed by atoms with Crippen LogP contribution in [0.25, 0.3) is 6.08 Å². The summed E-state index contributed by atoms with van der Waals surface area (Å²) in [5.41, 5.74) is 2.22. The van der Waals surface area contributed by atoms with E-state index < -0.39 is 0 Å². The smallest absolute Gasteiger partial charge is 0.185 e. The van der Waals surface area contributed by atoms with Gasteiger partial charge in [0, 0.05) is 22.3 Å². The predicted octanol–water partition coefficient (Wildman–Crippen LogP) is 5.21. The Morgan fingerprint density at radius 2 is 1.88 bits per heavy atom. The second kappa shape index (κ2) is 8.27. The van der Waals surface area contributed by atoms with E-state index in [0.29, 0.717) is 22.9 Å². The zero-order chi connectivity index (χ0) is 17.5. The summed E-state index contributed by atoms with van der Waals surface area (Å²) in [5.74, 6) is 0.588. The normalized spacial score (nSPS) is 10.8. The van der Waals surface area contributed by atoms with Crippen molar-refractivity contribution >= 4 is 23.5 Å². The Bertz CT molecular complexity index is 891. The molecule has 25 heavy (non-hydrogen) atoms. The minimum atomic E-state index is -0.109. The molecule has 0 spiro atoms. The van der Waals surface area contributed by atoms with Crippen LogP contribution in [0.4, 0.5) is 0 Å². The Morgan fingerprint density at radius 1 is 1.04 bits per heavy atom. The largest absolute Gasteiger partial charge is 0.487 e. The molecule has 0 aliphatic rings. The third-order valence-corrected chi connectivity index (χ3v) is 3.78. The highest BCUT2D eigenvalue weighted by atomic mass is 35.5. The Labute approximate surface area is 151 Å². The quantitative estimate of drug-likeness (QED) is 0.453. The highest BCUT2D eigenvalue weighted by Gasteiger charge is 2.04. The predicted molar refractivity (Wildman–Crippen MR) is 99.8 cm³/mol. The molecule has 1 heterocycles. The van der Waals surface area contributed by atoms with E-state index in [0.717, 1.165) is 11.3 Å². The lowest BCUT2D eigenvalue weighted by Gasteiger charge is -2.08. The van der Waals surface area contributed by atoms with Crippen molar-refractivity contribution in [1.29, 1.82) is 0 Å². The monoisotopic (exact) mass is 349 g/mol. The topological polar surface area (TPSA) is 39.2 Å². The highest BCUT2D eigenvalue weighted by Crippen LogP contribution is 2.21. The van der Waals surface area contributed by atoms with E-state index in [4.69, 9.17) is 16.3 Å². The highest BCUT2D eigenvalue weighted by molar-refractivity contribution is 6.31. The summed E-state index contributed by atoms with van der Waals surface area (Å²) < 4.78 is 5.83. The first kappa shape index (κ1) is 16.9. The SMILES string of the molecule is O=C(/C=C/c1ccccc1OCc1ccccn1)c1cccc(Cl)c1. The molecule has 0 N–H and O–H groups in total. The van der Waals surface area contributed by atoms with Crippen LogP contribution in [0.2, 0.25) is 5.02 Å². The molecule has 0 radical (unpaired) electrons. The van der Waals surface area contributed by atoms with Crippen molar-refractivity contribution in [3.8, 4) is 5.75 Å². The molecule has 0 atom stereocenters. The van der Waals surface area contributed by atoms with Crippen LogP contribution in [0.15, 0.2) is 79.0 Å². The van der Waals surface area contributed by atoms with Gasteiger partial charge in [0.2, 0.25) is 0 Å². The van der Waals surface area contributed by atoms with Gasteiger partial charge in [-0.25, -0.2) is 0 Å². The number of ketones is 1. The van der Waals surface area contributed by atoms with Crippen molar-refractivity contribution in [2.24, 2.45) is 0 Å². The van der Waals surface area contributed by atoms with Gasteiger partial charge in [-0.1, -0.05) is 48.0 Å². The number of carbonyl (C=O) groups is 1. The van der Waals surface area contributed by atoms with E-state index in [2.05, 4.69) is 4.98 Å². The van der Waals surface area contributed by atoms with E-state index in [1.54, 1.807) is 36.5 Å². The Balaban J connectivity index is 1.73. The van der Waals surface area contributed by atoms with Crippen molar-refractivity contribution in [3.05, 3.63) is 101 Å². The Morgan fingerprint density at radius 3 is 2.68 bits per heavy atom. The minimum absolute atomic E-state index is 0.109. The van der Waals surface area contributed by atoms with Crippen molar-refractivity contribution in [3.63, 3.8) is 0 Å². The lowest BCUT2D eigenvalue weighted by Crippen LogP contribution is -1.99. The zero-order valence-corrected chi connectivity index (χ0v) is 14.2. The van der Waals surface area contributed by atoms with E-state index in [1.165, 1.54) is 6.08 Å². The molecule has 3 aromatic rings. The first-order chi connectivity index (χ1) is 12.2. The lowest BCUT2D eigenvalue weighted by molar-refractivity contribution is 0.104. The summed E-state index contributed by atoms with van der Waals surface area (Å²) in [6, 6.07) is 20.1. The van der Waals surface area contributed by atoms with Gasteiger partial charge in [0.15, 0.2) is 5.78 Å². The van der Waals surface area contributed by atoms with Crippen LogP contribution in [0.1, 0.15) is 21.6 Å². The molecule has 1 aromatic heterocycles. The molecular weight excluding hydrogens is 334 g/mol. The number of rotatable bonds is 6. The lowest BCUT2D eigenvalue weighted by atomic mass is 10.1. The van der Waals surface area contributed by atoms with Gasteiger partial charge in [0.1, 0.15) is 12.4 Å². The summed E-state index contributed by atoms with van der Waals surface area (Å²) in [4.78, 5) is 16.5. The van der Waals surface area contributed by atoms with E-state index in [-0.39, 0.29) is 5.78 Å². The summed E-state index contributed by atoms with van der Waals surface area (Å²) in [5, 5.41) is 0.540. The van der Waals surface area contributed by atoms with Crippen LogP contribution in [0, 0.1) is 0 Å². The van der Waals surface area contributed by atoms with Crippen LogP contribution in [0.3, 0.4) is 0 Å². The number of para-hydroxylation sites is 1. The number of halogens is 1. The number of pyridine rings is 1. The second-order valence-electron chi connectivity index (χ2n) is 5.36. The first-order valence-electron chi connectivity index (χ1n) is 7.82. The van der Waals surface area contributed by atoms with Crippen LogP contribution in [-0.2, 0) is 6.61 Å². The van der Waals surface area contributed by atoms with E-state index in [1.807, 2.05) is 42.5 Å². The fourth-order valence-corrected chi connectivity index (χ4v) is 2.48. The molecule has 0 fully saturated rings. The molecule has 0 saturated carbocycles. The van der Waals surface area contributed by atoms with Gasteiger partial charge in [0.05, 0.1) is 5.69 Å². The first-order valence-corrected chi connectivity index (χ1v) is 8.20. The molecule has 0 amide bonds. The Hall–Kier alpha value is -2.91. The van der Waals surface area contributed by atoms with Crippen molar-refractivity contribution in [2.45, 2.75) is 6.61 Å². The molecule has 0 saturated heterocycles. The molecule has 3 rings (SSSR count). The van der Waals surface area contributed by atoms with Gasteiger partial charge in [0.25, 0.3) is 0 Å².